The maximum atomic E-state index is 12.8. The Morgan fingerprint density at radius 3 is 2.82 bits per heavy atom. The molecule has 2 rings (SSSR count). The lowest BCUT2D eigenvalue weighted by Crippen LogP contribution is -1.86. The summed E-state index contributed by atoms with van der Waals surface area (Å²) in [7, 11) is 0. The molecule has 0 saturated heterocycles. The smallest absolute Gasteiger partial charge is 0.164 e. The molecule has 1 aliphatic rings. The number of pyridine rings is 1. The average Bonchev–Trinajstić information content (AvgIpc) is 2.77. The number of hydrogen-bond acceptors (Lipinski definition) is 1. The Balaban J connectivity index is 2.36. The van der Waals surface area contributed by atoms with Crippen molar-refractivity contribution in [1.82, 2.24) is 4.98 Å². The number of rotatable bonds is 1. The molecule has 0 spiro atoms. The maximum absolute atomic E-state index is 12.8. The van der Waals surface area contributed by atoms with Crippen LogP contribution in [0.25, 0.3) is 0 Å². The lowest BCUT2D eigenvalue weighted by atomic mass is 10.2. The largest absolute Gasteiger partial charge is 0.241 e. The van der Waals surface area contributed by atoms with Gasteiger partial charge in [-0.25, -0.2) is 9.37 Å². The standard InChI is InChI=1S/C8H7ClFN/c9-8-7(10)3-6(4-11-8)5-1-2-5/h3-5H,1-2H2. The summed E-state index contributed by atoms with van der Waals surface area (Å²) in [6.45, 7) is 0. The Kier molecular flexibility index (Phi) is 1.57. The summed E-state index contributed by atoms with van der Waals surface area (Å²) in [5, 5.41) is -0.0330. The average molecular weight is 172 g/mol. The van der Waals surface area contributed by atoms with E-state index in [-0.39, 0.29) is 5.15 Å². The Hall–Kier alpha value is -0.630. The minimum absolute atomic E-state index is 0.0330. The van der Waals surface area contributed by atoms with Gasteiger partial charge in [-0.2, -0.15) is 0 Å². The van der Waals surface area contributed by atoms with Gasteiger partial charge in [0.1, 0.15) is 0 Å². The first kappa shape index (κ1) is 7.04. The summed E-state index contributed by atoms with van der Waals surface area (Å²) in [5.74, 6) is 0.130. The van der Waals surface area contributed by atoms with Crippen LogP contribution < -0.4 is 0 Å². The molecular formula is C8H7ClFN. The van der Waals surface area contributed by atoms with Crippen molar-refractivity contribution in [3.63, 3.8) is 0 Å². The summed E-state index contributed by atoms with van der Waals surface area (Å²) < 4.78 is 12.8. The topological polar surface area (TPSA) is 12.9 Å². The van der Waals surface area contributed by atoms with E-state index in [9.17, 15) is 4.39 Å². The summed E-state index contributed by atoms with van der Waals surface area (Å²) >= 11 is 5.42. The first-order valence-electron chi connectivity index (χ1n) is 3.58. The van der Waals surface area contributed by atoms with Crippen LogP contribution in [0.1, 0.15) is 24.3 Å². The molecule has 1 aliphatic carbocycles. The minimum Gasteiger partial charge on any atom is -0.241 e. The number of hydrogen-bond donors (Lipinski definition) is 0. The maximum Gasteiger partial charge on any atom is 0.164 e. The highest BCUT2D eigenvalue weighted by molar-refractivity contribution is 6.29. The van der Waals surface area contributed by atoms with Gasteiger partial charge in [-0.3, -0.25) is 0 Å². The van der Waals surface area contributed by atoms with Crippen LogP contribution in [0.2, 0.25) is 5.15 Å². The van der Waals surface area contributed by atoms with Crippen molar-refractivity contribution in [2.24, 2.45) is 0 Å². The van der Waals surface area contributed by atoms with Crippen LogP contribution in [0.15, 0.2) is 12.3 Å². The van der Waals surface area contributed by atoms with Crippen molar-refractivity contribution in [2.45, 2.75) is 18.8 Å². The zero-order valence-electron chi connectivity index (χ0n) is 5.85. The molecule has 1 aromatic rings. The molecule has 1 saturated carbocycles. The molecule has 1 nitrogen and oxygen atoms in total. The monoisotopic (exact) mass is 171 g/mol. The van der Waals surface area contributed by atoms with E-state index in [0.717, 1.165) is 18.4 Å². The van der Waals surface area contributed by atoms with E-state index < -0.39 is 5.82 Å². The van der Waals surface area contributed by atoms with Crippen LogP contribution in [-0.4, -0.2) is 4.98 Å². The van der Waals surface area contributed by atoms with Crippen molar-refractivity contribution in [1.29, 1.82) is 0 Å². The highest BCUT2D eigenvalue weighted by atomic mass is 35.5. The van der Waals surface area contributed by atoms with Gasteiger partial charge in [0, 0.05) is 6.20 Å². The van der Waals surface area contributed by atoms with Crippen molar-refractivity contribution in [2.75, 3.05) is 0 Å². The predicted molar refractivity (Wildman–Crippen MR) is 41.2 cm³/mol. The van der Waals surface area contributed by atoms with Gasteiger partial charge in [0.2, 0.25) is 0 Å². The summed E-state index contributed by atoms with van der Waals surface area (Å²) in [5.41, 5.74) is 0.979. The van der Waals surface area contributed by atoms with Crippen molar-refractivity contribution in [3.05, 3.63) is 28.8 Å². The number of halogens is 2. The van der Waals surface area contributed by atoms with Crippen LogP contribution >= 0.6 is 11.6 Å². The summed E-state index contributed by atoms with van der Waals surface area (Å²) in [6, 6.07) is 1.48. The van der Waals surface area contributed by atoms with Crippen molar-refractivity contribution >= 4 is 11.6 Å². The molecule has 0 radical (unpaired) electrons. The zero-order valence-corrected chi connectivity index (χ0v) is 6.61. The molecule has 0 aliphatic heterocycles. The Bertz CT molecular complexity index is 283. The third-order valence-corrected chi connectivity index (χ3v) is 2.14. The third kappa shape index (κ3) is 1.36. The second-order valence-corrected chi connectivity index (χ2v) is 3.17. The first-order valence-corrected chi connectivity index (χ1v) is 3.96. The first-order chi connectivity index (χ1) is 5.27. The second kappa shape index (κ2) is 2.45. The molecular weight excluding hydrogens is 165 g/mol. The van der Waals surface area contributed by atoms with E-state index in [1.165, 1.54) is 6.07 Å². The van der Waals surface area contributed by atoms with Gasteiger partial charge in [-0.1, -0.05) is 11.6 Å². The van der Waals surface area contributed by atoms with Gasteiger partial charge in [-0.15, -0.1) is 0 Å². The highest BCUT2D eigenvalue weighted by Gasteiger charge is 2.24. The highest BCUT2D eigenvalue weighted by Crippen LogP contribution is 2.40. The summed E-state index contributed by atoms with van der Waals surface area (Å²) in [4.78, 5) is 3.73. The third-order valence-electron chi connectivity index (χ3n) is 1.87. The van der Waals surface area contributed by atoms with Crippen LogP contribution in [0, 0.1) is 5.82 Å². The zero-order chi connectivity index (χ0) is 7.84. The molecule has 0 N–H and O–H groups in total. The molecule has 0 aromatic carbocycles. The molecule has 1 heterocycles. The van der Waals surface area contributed by atoms with E-state index >= 15 is 0 Å². The molecule has 0 unspecified atom stereocenters. The van der Waals surface area contributed by atoms with Gasteiger partial charge < -0.3 is 0 Å². The van der Waals surface area contributed by atoms with Crippen LogP contribution in [0.5, 0.6) is 0 Å². The van der Waals surface area contributed by atoms with E-state index in [1.54, 1.807) is 6.20 Å². The van der Waals surface area contributed by atoms with Crippen molar-refractivity contribution in [3.8, 4) is 0 Å². The van der Waals surface area contributed by atoms with E-state index in [4.69, 9.17) is 11.6 Å². The van der Waals surface area contributed by atoms with Crippen LogP contribution in [0.4, 0.5) is 4.39 Å². The molecule has 0 amide bonds. The summed E-state index contributed by atoms with van der Waals surface area (Å²) in [6.07, 6.45) is 3.97. The fourth-order valence-corrected chi connectivity index (χ4v) is 1.18. The predicted octanol–water partition coefficient (Wildman–Crippen LogP) is 2.75. The minimum atomic E-state index is -0.406. The number of aromatic nitrogens is 1. The van der Waals surface area contributed by atoms with Crippen LogP contribution in [0.3, 0.4) is 0 Å². The molecule has 1 fully saturated rings. The lowest BCUT2D eigenvalue weighted by molar-refractivity contribution is 0.619. The van der Waals surface area contributed by atoms with Gasteiger partial charge in [-0.05, 0) is 30.4 Å². The Morgan fingerprint density at radius 1 is 1.55 bits per heavy atom. The second-order valence-electron chi connectivity index (χ2n) is 2.82. The fourth-order valence-electron chi connectivity index (χ4n) is 1.08. The molecule has 0 bridgehead atoms. The lowest BCUT2D eigenvalue weighted by Gasteiger charge is -1.97. The molecule has 3 heteroatoms. The van der Waals surface area contributed by atoms with Gasteiger partial charge in [0.05, 0.1) is 0 Å². The van der Waals surface area contributed by atoms with Crippen LogP contribution in [-0.2, 0) is 0 Å². The van der Waals surface area contributed by atoms with E-state index in [2.05, 4.69) is 4.98 Å². The molecule has 0 atom stereocenters. The molecule has 11 heavy (non-hydrogen) atoms. The van der Waals surface area contributed by atoms with Gasteiger partial charge in [0.25, 0.3) is 0 Å². The number of nitrogens with zero attached hydrogens (tertiary/aromatic N) is 1. The fraction of sp³-hybridized carbons (Fsp3) is 0.375. The van der Waals surface area contributed by atoms with E-state index in [0.29, 0.717) is 5.92 Å². The van der Waals surface area contributed by atoms with Gasteiger partial charge in [0.15, 0.2) is 11.0 Å². The quantitative estimate of drug-likeness (QED) is 0.592. The molecule has 58 valence electrons. The molecule has 1 aromatic heterocycles. The van der Waals surface area contributed by atoms with E-state index in [1.807, 2.05) is 0 Å². The van der Waals surface area contributed by atoms with Crippen molar-refractivity contribution < 1.29 is 4.39 Å². The Labute approximate surface area is 69.2 Å². The van der Waals surface area contributed by atoms with Gasteiger partial charge >= 0.3 is 0 Å². The Morgan fingerprint density at radius 2 is 2.27 bits per heavy atom. The SMILES string of the molecule is Fc1cc(C2CC2)cnc1Cl. The normalized spacial score (nSPS) is 16.9.